The molecule has 1 atom stereocenters. The van der Waals surface area contributed by atoms with Crippen molar-refractivity contribution in [2.24, 2.45) is 0 Å². The summed E-state index contributed by atoms with van der Waals surface area (Å²) in [6.07, 6.45) is 1.06. The molecule has 0 radical (unpaired) electrons. The van der Waals surface area contributed by atoms with Crippen LogP contribution in [-0.4, -0.2) is 48.6 Å². The molecule has 0 saturated carbocycles. The van der Waals surface area contributed by atoms with Crippen molar-refractivity contribution in [1.29, 1.82) is 0 Å². The lowest BCUT2D eigenvalue weighted by molar-refractivity contribution is 0.0890. The summed E-state index contributed by atoms with van der Waals surface area (Å²) in [5.41, 5.74) is 8.19. The predicted octanol–water partition coefficient (Wildman–Crippen LogP) is 1.84. The fourth-order valence-corrected chi connectivity index (χ4v) is 2.78. The fraction of sp³-hybridized carbons (Fsp3) is 0.600. The van der Waals surface area contributed by atoms with Crippen molar-refractivity contribution in [3.63, 3.8) is 0 Å². The molecule has 0 amide bonds. The van der Waals surface area contributed by atoms with Crippen molar-refractivity contribution < 1.29 is 0 Å². The highest BCUT2D eigenvalue weighted by Gasteiger charge is 2.21. The number of para-hydroxylation sites is 1. The number of hydrogen-bond acceptors (Lipinski definition) is 3. The van der Waals surface area contributed by atoms with Gasteiger partial charge in [0.2, 0.25) is 0 Å². The lowest BCUT2D eigenvalue weighted by Gasteiger charge is -2.39. The molecule has 100 valence electrons. The molecule has 0 aliphatic carbocycles. The maximum Gasteiger partial charge on any atom is 0.0347 e. The van der Waals surface area contributed by atoms with E-state index >= 15 is 0 Å². The van der Waals surface area contributed by atoms with Crippen LogP contribution in [0.15, 0.2) is 24.3 Å². The van der Waals surface area contributed by atoms with Gasteiger partial charge in [-0.05, 0) is 31.5 Å². The van der Waals surface area contributed by atoms with Crippen molar-refractivity contribution in [2.45, 2.75) is 26.3 Å². The maximum absolute atomic E-state index is 5.98. The van der Waals surface area contributed by atoms with E-state index in [-0.39, 0.29) is 0 Å². The van der Waals surface area contributed by atoms with Crippen LogP contribution in [0.3, 0.4) is 0 Å². The molecule has 0 aromatic heterocycles. The van der Waals surface area contributed by atoms with E-state index in [9.17, 15) is 0 Å². The number of nitrogens with zero attached hydrogens (tertiary/aromatic N) is 2. The minimum absolute atomic E-state index is 0.678. The van der Waals surface area contributed by atoms with E-state index in [0.29, 0.717) is 6.04 Å². The molecule has 1 unspecified atom stereocenters. The van der Waals surface area contributed by atoms with E-state index in [1.165, 1.54) is 31.7 Å². The van der Waals surface area contributed by atoms with Crippen LogP contribution < -0.4 is 5.73 Å². The van der Waals surface area contributed by atoms with Crippen LogP contribution in [-0.2, 0) is 6.42 Å². The summed E-state index contributed by atoms with van der Waals surface area (Å²) < 4.78 is 0. The average Bonchev–Trinajstić information content (AvgIpc) is 2.38. The third kappa shape index (κ3) is 3.24. The summed E-state index contributed by atoms with van der Waals surface area (Å²) in [5, 5.41) is 0. The van der Waals surface area contributed by atoms with Gasteiger partial charge in [-0.15, -0.1) is 0 Å². The molecule has 1 aromatic rings. The van der Waals surface area contributed by atoms with Gasteiger partial charge in [0.25, 0.3) is 0 Å². The van der Waals surface area contributed by atoms with Gasteiger partial charge in [-0.2, -0.15) is 0 Å². The van der Waals surface area contributed by atoms with E-state index in [4.69, 9.17) is 5.73 Å². The normalized spacial score (nSPS) is 22.2. The van der Waals surface area contributed by atoms with Gasteiger partial charge in [-0.3, -0.25) is 4.90 Å². The van der Waals surface area contributed by atoms with E-state index in [1.807, 2.05) is 12.1 Å². The molecule has 3 nitrogen and oxygen atoms in total. The highest BCUT2D eigenvalue weighted by atomic mass is 15.3. The number of rotatable bonds is 4. The van der Waals surface area contributed by atoms with Gasteiger partial charge in [-0.1, -0.05) is 25.1 Å². The van der Waals surface area contributed by atoms with E-state index in [0.717, 1.165) is 18.7 Å². The molecule has 1 fully saturated rings. The summed E-state index contributed by atoms with van der Waals surface area (Å²) in [4.78, 5) is 5.11. The second kappa shape index (κ2) is 6.21. The topological polar surface area (TPSA) is 32.5 Å². The van der Waals surface area contributed by atoms with Gasteiger partial charge in [0.05, 0.1) is 0 Å². The van der Waals surface area contributed by atoms with Crippen molar-refractivity contribution in [3.8, 4) is 0 Å². The second-order valence-corrected chi connectivity index (χ2v) is 5.23. The number of hydrogen-bond donors (Lipinski definition) is 1. The number of nitrogen functional groups attached to an aromatic ring is 1. The Morgan fingerprint density at radius 1 is 1.28 bits per heavy atom. The van der Waals surface area contributed by atoms with Gasteiger partial charge in [0.1, 0.15) is 0 Å². The minimum atomic E-state index is 0.678. The lowest BCUT2D eigenvalue weighted by atomic mass is 10.1. The summed E-state index contributed by atoms with van der Waals surface area (Å²) in [6.45, 7) is 10.4. The standard InChI is InChI=1S/C15H25N3/c1-3-18-11-10-17(12-13(18)2)9-8-14-6-4-5-7-15(14)16/h4-7,13H,3,8-12,16H2,1-2H3. The lowest BCUT2D eigenvalue weighted by Crippen LogP contribution is -2.51. The Morgan fingerprint density at radius 2 is 2.06 bits per heavy atom. The first-order valence-electron chi connectivity index (χ1n) is 7.00. The zero-order valence-electron chi connectivity index (χ0n) is 11.6. The predicted molar refractivity (Wildman–Crippen MR) is 77.7 cm³/mol. The summed E-state index contributed by atoms with van der Waals surface area (Å²) in [5.74, 6) is 0. The SMILES string of the molecule is CCN1CCN(CCc2ccccc2N)CC1C. The van der Waals surface area contributed by atoms with Crippen LogP contribution in [0.25, 0.3) is 0 Å². The average molecular weight is 247 g/mol. The number of piperazine rings is 1. The third-order valence-electron chi connectivity index (χ3n) is 4.01. The molecule has 2 rings (SSSR count). The maximum atomic E-state index is 5.98. The van der Waals surface area contributed by atoms with Crippen molar-refractivity contribution in [3.05, 3.63) is 29.8 Å². The first-order chi connectivity index (χ1) is 8.70. The monoisotopic (exact) mass is 247 g/mol. The van der Waals surface area contributed by atoms with Crippen molar-refractivity contribution in [1.82, 2.24) is 9.80 Å². The molecular weight excluding hydrogens is 222 g/mol. The van der Waals surface area contributed by atoms with Gasteiger partial charge in [0.15, 0.2) is 0 Å². The van der Waals surface area contributed by atoms with Crippen LogP contribution in [0.2, 0.25) is 0 Å². The van der Waals surface area contributed by atoms with Crippen LogP contribution >= 0.6 is 0 Å². The van der Waals surface area contributed by atoms with Crippen LogP contribution in [0.1, 0.15) is 19.4 Å². The number of benzene rings is 1. The summed E-state index contributed by atoms with van der Waals surface area (Å²) in [7, 11) is 0. The smallest absolute Gasteiger partial charge is 0.0347 e. The van der Waals surface area contributed by atoms with Crippen molar-refractivity contribution in [2.75, 3.05) is 38.5 Å². The zero-order chi connectivity index (χ0) is 13.0. The molecular formula is C15H25N3. The summed E-state index contributed by atoms with van der Waals surface area (Å²) in [6, 6.07) is 8.88. The Bertz CT molecular complexity index is 378. The molecule has 1 aromatic carbocycles. The molecule has 0 bridgehead atoms. The highest BCUT2D eigenvalue weighted by Crippen LogP contribution is 2.14. The molecule has 1 aliphatic heterocycles. The molecule has 2 N–H and O–H groups in total. The number of nitrogens with two attached hydrogens (primary N) is 1. The third-order valence-corrected chi connectivity index (χ3v) is 4.01. The van der Waals surface area contributed by atoms with Gasteiger partial charge in [-0.25, -0.2) is 0 Å². The Morgan fingerprint density at radius 3 is 2.72 bits per heavy atom. The van der Waals surface area contributed by atoms with Gasteiger partial charge >= 0.3 is 0 Å². The van der Waals surface area contributed by atoms with Crippen LogP contribution in [0.5, 0.6) is 0 Å². The Kier molecular flexibility index (Phi) is 4.61. The zero-order valence-corrected chi connectivity index (χ0v) is 11.6. The van der Waals surface area contributed by atoms with E-state index in [2.05, 4.69) is 35.8 Å². The first-order valence-corrected chi connectivity index (χ1v) is 7.00. The molecule has 1 saturated heterocycles. The summed E-state index contributed by atoms with van der Waals surface area (Å²) >= 11 is 0. The van der Waals surface area contributed by atoms with Crippen LogP contribution in [0, 0.1) is 0 Å². The first kappa shape index (κ1) is 13.4. The molecule has 18 heavy (non-hydrogen) atoms. The van der Waals surface area contributed by atoms with Crippen molar-refractivity contribution >= 4 is 5.69 Å². The van der Waals surface area contributed by atoms with E-state index < -0.39 is 0 Å². The molecule has 3 heteroatoms. The largest absolute Gasteiger partial charge is 0.399 e. The van der Waals surface area contributed by atoms with Gasteiger partial charge in [0, 0.05) is 37.9 Å². The van der Waals surface area contributed by atoms with Crippen LogP contribution in [0.4, 0.5) is 5.69 Å². The molecule has 0 spiro atoms. The minimum Gasteiger partial charge on any atom is -0.399 e. The Labute approximate surface area is 111 Å². The number of likely N-dealkylation sites (N-methyl/N-ethyl adjacent to an activating group) is 1. The van der Waals surface area contributed by atoms with E-state index in [1.54, 1.807) is 0 Å². The fourth-order valence-electron chi connectivity index (χ4n) is 2.78. The molecule has 1 heterocycles. The Balaban J connectivity index is 1.83. The Hall–Kier alpha value is -1.06. The second-order valence-electron chi connectivity index (χ2n) is 5.23. The quantitative estimate of drug-likeness (QED) is 0.824. The number of anilines is 1. The van der Waals surface area contributed by atoms with Gasteiger partial charge < -0.3 is 10.6 Å². The molecule has 1 aliphatic rings. The highest BCUT2D eigenvalue weighted by molar-refractivity contribution is 5.46.